The predicted octanol–water partition coefficient (Wildman–Crippen LogP) is 4.43. The third-order valence-electron chi connectivity index (χ3n) is 3.90. The van der Waals surface area contributed by atoms with Gasteiger partial charge in [0.1, 0.15) is 0 Å². The fourth-order valence-corrected chi connectivity index (χ4v) is 2.68. The summed E-state index contributed by atoms with van der Waals surface area (Å²) in [6.07, 6.45) is 6.39. The van der Waals surface area contributed by atoms with Gasteiger partial charge < -0.3 is 10.6 Å². The van der Waals surface area contributed by atoms with Crippen LogP contribution in [0.2, 0.25) is 0 Å². The van der Waals surface area contributed by atoms with Crippen molar-refractivity contribution in [2.75, 3.05) is 5.32 Å². The summed E-state index contributed by atoms with van der Waals surface area (Å²) in [6, 6.07) is 18.4. The maximum absolute atomic E-state index is 12.0. The topological polar surface area (TPSA) is 71.1 Å². The highest BCUT2D eigenvalue weighted by Crippen LogP contribution is 2.12. The van der Waals surface area contributed by atoms with Crippen LogP contribution in [0.25, 0.3) is 6.08 Å². The number of carbonyl (C=O) groups excluding carboxylic acids is 2. The summed E-state index contributed by atoms with van der Waals surface area (Å²) < 4.78 is 0.991. The van der Waals surface area contributed by atoms with E-state index in [2.05, 4.69) is 31.5 Å². The maximum atomic E-state index is 12.0. The molecule has 28 heavy (non-hydrogen) atoms. The van der Waals surface area contributed by atoms with Crippen molar-refractivity contribution in [1.82, 2.24) is 10.3 Å². The van der Waals surface area contributed by atoms with E-state index < -0.39 is 0 Å². The van der Waals surface area contributed by atoms with E-state index in [1.165, 1.54) is 12.3 Å². The first-order chi connectivity index (χ1) is 13.6. The Bertz CT molecular complexity index is 969. The zero-order valence-electron chi connectivity index (χ0n) is 14.9. The van der Waals surface area contributed by atoms with E-state index in [0.29, 0.717) is 17.8 Å². The number of carbonyl (C=O) groups is 2. The first-order valence-electron chi connectivity index (χ1n) is 8.62. The van der Waals surface area contributed by atoms with Crippen LogP contribution in [0.5, 0.6) is 0 Å². The maximum Gasteiger partial charge on any atom is 0.253 e. The number of aromatic nitrogens is 1. The van der Waals surface area contributed by atoms with Crippen LogP contribution in [-0.4, -0.2) is 16.8 Å². The molecule has 140 valence electrons. The van der Waals surface area contributed by atoms with Gasteiger partial charge in [0, 0.05) is 35.2 Å². The number of benzene rings is 2. The Morgan fingerprint density at radius 3 is 2.43 bits per heavy atom. The number of halogens is 1. The lowest BCUT2D eigenvalue weighted by Gasteiger charge is -2.07. The van der Waals surface area contributed by atoms with Crippen LogP contribution in [0.1, 0.15) is 21.5 Å². The minimum atomic E-state index is -0.208. The van der Waals surface area contributed by atoms with Gasteiger partial charge in [-0.1, -0.05) is 40.2 Å². The number of hydrogen-bond donors (Lipinski definition) is 2. The minimum Gasteiger partial charge on any atom is -0.348 e. The normalized spacial score (nSPS) is 10.6. The Kier molecular flexibility index (Phi) is 6.70. The second-order valence-electron chi connectivity index (χ2n) is 6.00. The average molecular weight is 436 g/mol. The minimum absolute atomic E-state index is 0.177. The Morgan fingerprint density at radius 1 is 1.00 bits per heavy atom. The molecule has 0 radical (unpaired) electrons. The van der Waals surface area contributed by atoms with E-state index in [1.54, 1.807) is 36.5 Å². The van der Waals surface area contributed by atoms with Crippen molar-refractivity contribution in [3.05, 3.63) is 100 Å². The van der Waals surface area contributed by atoms with Gasteiger partial charge in [-0.3, -0.25) is 14.6 Å². The van der Waals surface area contributed by atoms with Crippen LogP contribution < -0.4 is 10.6 Å². The van der Waals surface area contributed by atoms with Gasteiger partial charge in [0.15, 0.2) is 0 Å². The number of anilines is 1. The van der Waals surface area contributed by atoms with Crippen LogP contribution in [-0.2, 0) is 11.3 Å². The molecule has 2 amide bonds. The van der Waals surface area contributed by atoms with Crippen molar-refractivity contribution in [1.29, 1.82) is 0 Å². The lowest BCUT2D eigenvalue weighted by molar-refractivity contribution is -0.111. The van der Waals surface area contributed by atoms with Crippen LogP contribution in [0.15, 0.2) is 83.6 Å². The Morgan fingerprint density at radius 2 is 1.75 bits per heavy atom. The van der Waals surface area contributed by atoms with E-state index in [9.17, 15) is 9.59 Å². The molecule has 0 bridgehead atoms. The summed E-state index contributed by atoms with van der Waals surface area (Å²) in [7, 11) is 0. The average Bonchev–Trinajstić information content (AvgIpc) is 2.73. The van der Waals surface area contributed by atoms with Crippen LogP contribution in [0.3, 0.4) is 0 Å². The molecule has 0 unspecified atom stereocenters. The fraction of sp³-hybridized carbons (Fsp3) is 0.0455. The largest absolute Gasteiger partial charge is 0.348 e. The molecular weight excluding hydrogens is 418 g/mol. The van der Waals surface area contributed by atoms with Crippen LogP contribution >= 0.6 is 15.9 Å². The van der Waals surface area contributed by atoms with Crippen molar-refractivity contribution in [3.63, 3.8) is 0 Å². The molecule has 0 aliphatic heterocycles. The summed E-state index contributed by atoms with van der Waals surface area (Å²) in [5.74, 6) is -0.385. The van der Waals surface area contributed by atoms with Gasteiger partial charge in [0.05, 0.1) is 5.56 Å². The first-order valence-corrected chi connectivity index (χ1v) is 9.41. The standard InChI is InChI=1S/C22H18BrN3O2/c23-19-8-3-16(4-9-19)7-12-21(27)26-20-10-5-17(6-11-20)14-25-22(28)18-2-1-13-24-15-18/h1-13,15H,14H2,(H,25,28)(H,26,27)/b12-7+. The molecule has 3 rings (SSSR count). The fourth-order valence-electron chi connectivity index (χ4n) is 2.42. The molecule has 6 heteroatoms. The second-order valence-corrected chi connectivity index (χ2v) is 6.91. The summed E-state index contributed by atoms with van der Waals surface area (Å²) in [4.78, 5) is 28.0. The monoisotopic (exact) mass is 435 g/mol. The van der Waals surface area contributed by atoms with Gasteiger partial charge in [0.25, 0.3) is 5.91 Å². The van der Waals surface area contributed by atoms with Crippen molar-refractivity contribution in [2.45, 2.75) is 6.54 Å². The molecule has 1 aromatic heterocycles. The van der Waals surface area contributed by atoms with E-state index in [-0.39, 0.29) is 11.8 Å². The highest BCUT2D eigenvalue weighted by atomic mass is 79.9. The molecule has 0 atom stereocenters. The Labute approximate surface area is 171 Å². The summed E-state index contributed by atoms with van der Waals surface area (Å²) in [5, 5.41) is 5.65. The molecule has 3 aromatic rings. The number of hydrogen-bond acceptors (Lipinski definition) is 3. The van der Waals surface area contributed by atoms with Crippen molar-refractivity contribution in [2.24, 2.45) is 0 Å². The number of pyridine rings is 1. The van der Waals surface area contributed by atoms with E-state index in [1.807, 2.05) is 36.4 Å². The van der Waals surface area contributed by atoms with E-state index in [4.69, 9.17) is 0 Å². The third kappa shape index (κ3) is 5.89. The SMILES string of the molecule is O=C(/C=C/c1ccc(Br)cc1)Nc1ccc(CNC(=O)c2cccnc2)cc1. The zero-order valence-corrected chi connectivity index (χ0v) is 16.5. The lowest BCUT2D eigenvalue weighted by atomic mass is 10.2. The number of nitrogens with one attached hydrogen (secondary N) is 2. The quantitative estimate of drug-likeness (QED) is 0.562. The number of amides is 2. The van der Waals surface area contributed by atoms with Crippen molar-refractivity contribution >= 4 is 39.5 Å². The molecule has 0 fully saturated rings. The summed E-state index contributed by atoms with van der Waals surface area (Å²) in [5.41, 5.74) is 3.08. The highest BCUT2D eigenvalue weighted by Gasteiger charge is 2.05. The molecule has 0 saturated carbocycles. The Hall–Kier alpha value is -3.25. The molecule has 1 heterocycles. The summed E-state index contributed by atoms with van der Waals surface area (Å²) in [6.45, 7) is 0.394. The second kappa shape index (κ2) is 9.62. The molecule has 0 aliphatic carbocycles. The molecule has 5 nitrogen and oxygen atoms in total. The third-order valence-corrected chi connectivity index (χ3v) is 4.42. The summed E-state index contributed by atoms with van der Waals surface area (Å²) >= 11 is 3.38. The van der Waals surface area contributed by atoms with Crippen molar-refractivity contribution in [3.8, 4) is 0 Å². The van der Waals surface area contributed by atoms with Crippen LogP contribution in [0, 0.1) is 0 Å². The highest BCUT2D eigenvalue weighted by molar-refractivity contribution is 9.10. The molecule has 0 aliphatic rings. The molecular formula is C22H18BrN3O2. The first kappa shape index (κ1) is 19.5. The van der Waals surface area contributed by atoms with E-state index in [0.717, 1.165) is 15.6 Å². The molecule has 0 saturated heterocycles. The van der Waals surface area contributed by atoms with Gasteiger partial charge >= 0.3 is 0 Å². The zero-order chi connectivity index (χ0) is 19.8. The molecule has 0 spiro atoms. The smallest absolute Gasteiger partial charge is 0.253 e. The van der Waals surface area contributed by atoms with Gasteiger partial charge in [0.2, 0.25) is 5.91 Å². The molecule has 2 aromatic carbocycles. The van der Waals surface area contributed by atoms with Gasteiger partial charge in [-0.2, -0.15) is 0 Å². The van der Waals surface area contributed by atoms with Gasteiger partial charge in [-0.15, -0.1) is 0 Å². The lowest BCUT2D eigenvalue weighted by Crippen LogP contribution is -2.22. The van der Waals surface area contributed by atoms with Crippen LogP contribution in [0.4, 0.5) is 5.69 Å². The Balaban J connectivity index is 1.50. The number of nitrogens with zero attached hydrogens (tertiary/aromatic N) is 1. The van der Waals surface area contributed by atoms with E-state index >= 15 is 0 Å². The van der Waals surface area contributed by atoms with Gasteiger partial charge in [-0.05, 0) is 53.6 Å². The number of rotatable bonds is 6. The molecule has 2 N–H and O–H groups in total. The van der Waals surface area contributed by atoms with Gasteiger partial charge in [-0.25, -0.2) is 0 Å². The van der Waals surface area contributed by atoms with Crippen molar-refractivity contribution < 1.29 is 9.59 Å². The predicted molar refractivity (Wildman–Crippen MR) is 114 cm³/mol.